The summed E-state index contributed by atoms with van der Waals surface area (Å²) in [4.78, 5) is 27.8. The third-order valence-electron chi connectivity index (χ3n) is 4.95. The lowest BCUT2D eigenvalue weighted by molar-refractivity contribution is 0.0512. The van der Waals surface area contributed by atoms with Crippen molar-refractivity contribution >= 4 is 5.97 Å². The smallest absolute Gasteiger partial charge is 0.347 e. The first kappa shape index (κ1) is 19.2. The molecule has 2 unspecified atom stereocenters. The number of hydrogen-bond acceptors (Lipinski definition) is 4. The van der Waals surface area contributed by atoms with E-state index in [2.05, 4.69) is 11.9 Å². The molecule has 3 rings (SSSR count). The van der Waals surface area contributed by atoms with Crippen LogP contribution in [0.3, 0.4) is 0 Å². The second kappa shape index (κ2) is 8.89. The molecule has 1 aromatic carbocycles. The summed E-state index contributed by atoms with van der Waals surface area (Å²) in [6.45, 7) is 4.14. The Balaban J connectivity index is 1.92. The second-order valence-corrected chi connectivity index (χ2v) is 7.26. The van der Waals surface area contributed by atoms with Gasteiger partial charge in [0.1, 0.15) is 5.75 Å². The van der Waals surface area contributed by atoms with Crippen LogP contribution in [0.25, 0.3) is 0 Å². The molecule has 0 amide bonds. The molecule has 1 N–H and O–H groups in total. The molecule has 27 heavy (non-hydrogen) atoms. The van der Waals surface area contributed by atoms with Crippen LogP contribution in [-0.4, -0.2) is 23.7 Å². The van der Waals surface area contributed by atoms with Crippen LogP contribution in [0.4, 0.5) is 0 Å². The minimum Gasteiger partial charge on any atom is -0.489 e. The van der Waals surface area contributed by atoms with Crippen molar-refractivity contribution in [3.05, 3.63) is 63.6 Å². The Morgan fingerprint density at radius 3 is 2.70 bits per heavy atom. The van der Waals surface area contributed by atoms with Gasteiger partial charge in [-0.2, -0.15) is 0 Å². The molecule has 1 saturated carbocycles. The zero-order valence-corrected chi connectivity index (χ0v) is 16.0. The van der Waals surface area contributed by atoms with E-state index in [0.717, 1.165) is 30.5 Å². The predicted molar refractivity (Wildman–Crippen MR) is 104 cm³/mol. The maximum atomic E-state index is 12.6. The molecule has 1 heterocycles. The maximum Gasteiger partial charge on any atom is 0.347 e. The molecule has 0 bridgehead atoms. The Morgan fingerprint density at radius 2 is 2.00 bits per heavy atom. The molecule has 1 fully saturated rings. The summed E-state index contributed by atoms with van der Waals surface area (Å²) >= 11 is 0. The van der Waals surface area contributed by atoms with Crippen molar-refractivity contribution in [2.75, 3.05) is 6.61 Å². The lowest BCUT2D eigenvalue weighted by atomic mass is 9.88. The fourth-order valence-electron chi connectivity index (χ4n) is 3.65. The first-order valence-corrected chi connectivity index (χ1v) is 9.70. The topological polar surface area (TPSA) is 68.4 Å². The van der Waals surface area contributed by atoms with Crippen LogP contribution in [0, 0.1) is 5.92 Å². The number of H-pyrrole nitrogens is 1. The number of ether oxygens (including phenoxy) is 2. The van der Waals surface area contributed by atoms with Crippen LogP contribution in [0.2, 0.25) is 0 Å². The van der Waals surface area contributed by atoms with Crippen molar-refractivity contribution in [3.63, 3.8) is 0 Å². The highest BCUT2D eigenvalue weighted by molar-refractivity contribution is 5.92. The zero-order valence-electron chi connectivity index (χ0n) is 16.0. The summed E-state index contributed by atoms with van der Waals surface area (Å²) in [5, 5.41) is 0. The van der Waals surface area contributed by atoms with Crippen LogP contribution in [0.15, 0.2) is 41.2 Å². The number of aromatic amines is 1. The lowest BCUT2D eigenvalue weighted by Gasteiger charge is -2.28. The predicted octanol–water partition coefficient (Wildman–Crippen LogP) is 4.10. The SMILES string of the molecule is CCOC(=O)c1c(OC2CCCC(C)C2)cc(Cc2ccccc2)[nH]c1=O. The number of carbonyl (C=O) groups excluding carboxylic acids is 1. The molecule has 0 saturated heterocycles. The van der Waals surface area contributed by atoms with E-state index in [1.807, 2.05) is 30.3 Å². The van der Waals surface area contributed by atoms with Gasteiger partial charge in [0, 0.05) is 18.2 Å². The highest BCUT2D eigenvalue weighted by atomic mass is 16.5. The van der Waals surface area contributed by atoms with E-state index < -0.39 is 11.5 Å². The van der Waals surface area contributed by atoms with Gasteiger partial charge in [-0.15, -0.1) is 0 Å². The van der Waals surface area contributed by atoms with Crippen LogP contribution < -0.4 is 10.3 Å². The van der Waals surface area contributed by atoms with E-state index in [0.29, 0.717) is 18.1 Å². The Morgan fingerprint density at radius 1 is 1.22 bits per heavy atom. The first-order chi connectivity index (χ1) is 13.1. The van der Waals surface area contributed by atoms with E-state index in [1.54, 1.807) is 13.0 Å². The number of carbonyl (C=O) groups is 1. The molecule has 2 atom stereocenters. The van der Waals surface area contributed by atoms with Crippen molar-refractivity contribution < 1.29 is 14.3 Å². The molecular weight excluding hydrogens is 342 g/mol. The zero-order chi connectivity index (χ0) is 19.2. The standard InChI is InChI=1S/C22H27NO4/c1-3-26-22(25)20-19(27-18-11-7-8-15(2)12-18)14-17(23-21(20)24)13-16-9-5-4-6-10-16/h4-6,9-10,14-15,18H,3,7-8,11-13H2,1-2H3,(H,23,24). The number of nitrogens with one attached hydrogen (secondary N) is 1. The molecule has 1 aliphatic carbocycles. The molecule has 1 aromatic heterocycles. The van der Waals surface area contributed by atoms with E-state index in [-0.39, 0.29) is 18.3 Å². The van der Waals surface area contributed by atoms with Crippen molar-refractivity contribution in [2.45, 2.75) is 52.1 Å². The average Bonchev–Trinajstić information content (AvgIpc) is 2.62. The number of esters is 1. The number of rotatable bonds is 6. The Bertz CT molecular complexity index is 828. The van der Waals surface area contributed by atoms with Gasteiger partial charge in [0.15, 0.2) is 5.56 Å². The number of pyridine rings is 1. The average molecular weight is 369 g/mol. The largest absolute Gasteiger partial charge is 0.489 e. The molecule has 5 heteroatoms. The number of hydrogen-bond donors (Lipinski definition) is 1. The van der Waals surface area contributed by atoms with Gasteiger partial charge in [-0.05, 0) is 37.7 Å². The van der Waals surface area contributed by atoms with Crippen LogP contribution in [0.5, 0.6) is 5.75 Å². The third-order valence-corrected chi connectivity index (χ3v) is 4.95. The van der Waals surface area contributed by atoms with E-state index in [9.17, 15) is 9.59 Å². The third kappa shape index (κ3) is 5.00. The highest BCUT2D eigenvalue weighted by Crippen LogP contribution is 2.29. The van der Waals surface area contributed by atoms with Gasteiger partial charge in [0.05, 0.1) is 12.7 Å². The Labute approximate surface area is 159 Å². The lowest BCUT2D eigenvalue weighted by Crippen LogP contribution is -2.28. The van der Waals surface area contributed by atoms with E-state index in [1.165, 1.54) is 6.42 Å². The molecular formula is C22H27NO4. The summed E-state index contributed by atoms with van der Waals surface area (Å²) in [5.41, 5.74) is 1.31. The monoisotopic (exact) mass is 369 g/mol. The van der Waals surface area contributed by atoms with Gasteiger partial charge >= 0.3 is 5.97 Å². The summed E-state index contributed by atoms with van der Waals surface area (Å²) in [6.07, 6.45) is 4.75. The van der Waals surface area contributed by atoms with Crippen molar-refractivity contribution in [1.29, 1.82) is 0 Å². The van der Waals surface area contributed by atoms with Crippen molar-refractivity contribution in [2.24, 2.45) is 5.92 Å². The summed E-state index contributed by atoms with van der Waals surface area (Å²) in [5.74, 6) is 0.284. The quantitative estimate of drug-likeness (QED) is 0.779. The van der Waals surface area contributed by atoms with Crippen LogP contribution in [-0.2, 0) is 11.2 Å². The minimum atomic E-state index is -0.635. The van der Waals surface area contributed by atoms with Crippen molar-refractivity contribution in [1.82, 2.24) is 4.98 Å². The summed E-state index contributed by atoms with van der Waals surface area (Å²) in [7, 11) is 0. The van der Waals surface area contributed by atoms with Gasteiger partial charge in [-0.3, -0.25) is 4.79 Å². The Hall–Kier alpha value is -2.56. The second-order valence-electron chi connectivity index (χ2n) is 7.26. The molecule has 5 nitrogen and oxygen atoms in total. The minimum absolute atomic E-state index is 0.0216. The van der Waals surface area contributed by atoms with Gasteiger partial charge < -0.3 is 14.5 Å². The van der Waals surface area contributed by atoms with Gasteiger partial charge in [-0.25, -0.2) is 4.79 Å². The fourth-order valence-corrected chi connectivity index (χ4v) is 3.65. The molecule has 2 aromatic rings. The number of aromatic nitrogens is 1. The number of benzene rings is 1. The maximum absolute atomic E-state index is 12.6. The fraction of sp³-hybridized carbons (Fsp3) is 0.455. The van der Waals surface area contributed by atoms with Crippen LogP contribution >= 0.6 is 0 Å². The molecule has 144 valence electrons. The molecule has 0 aliphatic heterocycles. The summed E-state index contributed by atoms with van der Waals surface area (Å²) < 4.78 is 11.2. The molecule has 1 aliphatic rings. The van der Waals surface area contributed by atoms with Gasteiger partial charge in [-0.1, -0.05) is 43.7 Å². The molecule has 0 radical (unpaired) electrons. The van der Waals surface area contributed by atoms with Gasteiger partial charge in [0.2, 0.25) is 0 Å². The Kier molecular flexibility index (Phi) is 6.32. The highest BCUT2D eigenvalue weighted by Gasteiger charge is 2.25. The first-order valence-electron chi connectivity index (χ1n) is 9.70. The van der Waals surface area contributed by atoms with E-state index in [4.69, 9.17) is 9.47 Å². The van der Waals surface area contributed by atoms with E-state index >= 15 is 0 Å². The van der Waals surface area contributed by atoms with Crippen LogP contribution in [0.1, 0.15) is 61.1 Å². The van der Waals surface area contributed by atoms with Gasteiger partial charge in [0.25, 0.3) is 5.56 Å². The summed E-state index contributed by atoms with van der Waals surface area (Å²) in [6, 6.07) is 11.7. The molecule has 0 spiro atoms. The van der Waals surface area contributed by atoms with Crippen molar-refractivity contribution in [3.8, 4) is 5.75 Å². The normalized spacial score (nSPS) is 19.5.